The number of rotatable bonds is 11. The third-order valence-corrected chi connectivity index (χ3v) is 13.0. The van der Waals surface area contributed by atoms with Crippen LogP contribution in [0.4, 0.5) is 16.6 Å². The Morgan fingerprint density at radius 1 is 0.854 bits per heavy atom. The first-order valence-corrected chi connectivity index (χ1v) is 20.3. The Bertz CT molecular complexity index is 1760. The summed E-state index contributed by atoms with van der Waals surface area (Å²) in [4.78, 5) is 42.0. The minimum atomic E-state index is -0.118. The molecule has 3 fully saturated rings. The van der Waals surface area contributed by atoms with E-state index in [1.807, 2.05) is 0 Å². The van der Waals surface area contributed by atoms with Crippen LogP contribution in [0.15, 0.2) is 39.4 Å². The Morgan fingerprint density at radius 3 is 2.08 bits per heavy atom. The molecule has 2 amide bonds. The summed E-state index contributed by atoms with van der Waals surface area (Å²) >= 11 is 17.5. The molecule has 2 N–H and O–H groups in total. The highest BCUT2D eigenvalue weighted by molar-refractivity contribution is 9.11. The first-order valence-electron chi connectivity index (χ1n) is 16.7. The Labute approximate surface area is 311 Å². The number of carbonyl (C=O) groups is 1. The van der Waals surface area contributed by atoms with Crippen molar-refractivity contribution >= 4 is 83.9 Å². The van der Waals surface area contributed by atoms with Gasteiger partial charge in [-0.05, 0) is 120 Å². The minimum Gasteiger partial charge on any atom is -0.349 e. The van der Waals surface area contributed by atoms with Crippen molar-refractivity contribution in [3.8, 4) is 21.1 Å². The van der Waals surface area contributed by atoms with Crippen LogP contribution in [0.5, 0.6) is 0 Å². The number of nitrogens with one attached hydrogen (secondary N) is 2. The summed E-state index contributed by atoms with van der Waals surface area (Å²) in [6, 6.07) is 8.51. The number of likely N-dealkylation sites (tertiary alicyclic amines) is 2. The van der Waals surface area contributed by atoms with E-state index in [1.165, 1.54) is 61.4 Å². The fraction of sp³-hybridized carbons (Fsp3) is 0.485. The lowest BCUT2D eigenvalue weighted by Crippen LogP contribution is -2.55. The molecule has 254 valence electrons. The number of amides is 2. The van der Waals surface area contributed by atoms with Gasteiger partial charge in [0.05, 0.1) is 33.0 Å². The number of urea groups is 1. The normalized spacial score (nSPS) is 20.7. The van der Waals surface area contributed by atoms with E-state index >= 15 is 0 Å². The Morgan fingerprint density at radius 2 is 1.48 bits per heavy atom. The fourth-order valence-corrected chi connectivity index (χ4v) is 10.5. The van der Waals surface area contributed by atoms with Crippen LogP contribution in [0.3, 0.4) is 0 Å². The summed E-state index contributed by atoms with van der Waals surface area (Å²) in [7, 11) is 0. The van der Waals surface area contributed by atoms with Gasteiger partial charge in [-0.2, -0.15) is 9.47 Å². The molecule has 0 aliphatic carbocycles. The highest BCUT2D eigenvalue weighted by Gasteiger charge is 2.47. The van der Waals surface area contributed by atoms with Crippen LogP contribution in [-0.2, 0) is 13.1 Å². The van der Waals surface area contributed by atoms with Crippen molar-refractivity contribution in [3.63, 3.8) is 0 Å². The molecule has 4 aromatic heterocycles. The van der Waals surface area contributed by atoms with Crippen LogP contribution in [0.2, 0.25) is 5.28 Å². The van der Waals surface area contributed by atoms with E-state index in [4.69, 9.17) is 16.6 Å². The number of nitrogens with zero attached hydrogens (tertiary/aromatic N) is 7. The van der Waals surface area contributed by atoms with Gasteiger partial charge in [-0.3, -0.25) is 15.1 Å². The summed E-state index contributed by atoms with van der Waals surface area (Å²) in [6.45, 7) is 8.50. The van der Waals surface area contributed by atoms with Crippen LogP contribution in [0, 0.1) is 0 Å². The number of carbonyl (C=O) groups excluding carboxylic acids is 1. The number of thiophene rings is 2. The Kier molecular flexibility index (Phi) is 11.1. The average Bonchev–Trinajstić information content (AvgIpc) is 3.85. The molecular weight excluding hydrogens is 798 g/mol. The van der Waals surface area contributed by atoms with E-state index in [-0.39, 0.29) is 15.8 Å². The molecule has 48 heavy (non-hydrogen) atoms. The zero-order chi connectivity index (χ0) is 33.1. The van der Waals surface area contributed by atoms with Gasteiger partial charge in [0.15, 0.2) is 0 Å². The molecule has 7 heterocycles. The first-order chi connectivity index (χ1) is 23.4. The van der Waals surface area contributed by atoms with Crippen molar-refractivity contribution in [2.75, 3.05) is 57.7 Å². The van der Waals surface area contributed by atoms with E-state index in [9.17, 15) is 4.79 Å². The van der Waals surface area contributed by atoms with Crippen LogP contribution >= 0.6 is 66.1 Å². The van der Waals surface area contributed by atoms with E-state index in [0.717, 1.165) is 46.1 Å². The van der Waals surface area contributed by atoms with Crippen molar-refractivity contribution in [2.24, 2.45) is 0 Å². The van der Waals surface area contributed by atoms with E-state index < -0.39 is 0 Å². The Hall–Kier alpha value is -2.04. The third kappa shape index (κ3) is 7.65. The summed E-state index contributed by atoms with van der Waals surface area (Å²) in [6.07, 6.45) is 9.52. The molecule has 15 heteroatoms. The number of quaternary nitrogens is 1. The van der Waals surface area contributed by atoms with Crippen molar-refractivity contribution in [3.05, 3.63) is 54.4 Å². The Balaban J connectivity index is 1.07. The quantitative estimate of drug-likeness (QED) is 0.116. The zero-order valence-corrected chi connectivity index (χ0v) is 32.3. The van der Waals surface area contributed by atoms with Gasteiger partial charge >= 0.3 is 6.03 Å². The second-order valence-electron chi connectivity index (χ2n) is 12.6. The number of aromatic nitrogens is 4. The molecule has 1 unspecified atom stereocenters. The van der Waals surface area contributed by atoms with Crippen LogP contribution in [-0.4, -0.2) is 88.1 Å². The monoisotopic (exact) mass is 834 g/mol. The zero-order valence-electron chi connectivity index (χ0n) is 26.7. The van der Waals surface area contributed by atoms with E-state index in [2.05, 4.69) is 91.5 Å². The highest BCUT2D eigenvalue weighted by Crippen LogP contribution is 2.41. The summed E-state index contributed by atoms with van der Waals surface area (Å²) in [5, 5.41) is 6.52. The van der Waals surface area contributed by atoms with Gasteiger partial charge in [0.25, 0.3) is 5.82 Å². The van der Waals surface area contributed by atoms with Gasteiger partial charge in [-0.25, -0.2) is 19.7 Å². The van der Waals surface area contributed by atoms with Crippen molar-refractivity contribution in [1.29, 1.82) is 0 Å². The molecular formula is C33H39Br2ClN9OS2+. The molecule has 0 spiro atoms. The van der Waals surface area contributed by atoms with E-state index in [0.29, 0.717) is 48.1 Å². The molecule has 0 aromatic carbocycles. The lowest BCUT2D eigenvalue weighted by molar-refractivity contribution is 0.217. The number of anilines is 1. The highest BCUT2D eigenvalue weighted by atomic mass is 79.9. The number of halogens is 3. The average molecular weight is 837 g/mol. The lowest BCUT2D eigenvalue weighted by Gasteiger charge is -2.29. The van der Waals surface area contributed by atoms with Gasteiger partial charge < -0.3 is 5.32 Å². The number of hydrogen-bond donors (Lipinski definition) is 2. The summed E-state index contributed by atoms with van der Waals surface area (Å²) in [5.74, 6) is 1.07. The molecule has 0 bridgehead atoms. The van der Waals surface area contributed by atoms with Crippen molar-refractivity contribution in [1.82, 2.24) is 39.5 Å². The molecule has 3 aliphatic heterocycles. The summed E-state index contributed by atoms with van der Waals surface area (Å²) in [5.41, 5.74) is 1.57. The number of piperidine rings is 2. The summed E-state index contributed by atoms with van der Waals surface area (Å²) < 4.78 is 1.53. The van der Waals surface area contributed by atoms with Gasteiger partial charge in [0, 0.05) is 29.0 Å². The predicted molar refractivity (Wildman–Crippen MR) is 203 cm³/mol. The van der Waals surface area contributed by atoms with Crippen LogP contribution in [0.1, 0.15) is 48.3 Å². The van der Waals surface area contributed by atoms with Crippen LogP contribution < -0.4 is 15.1 Å². The first kappa shape index (κ1) is 34.4. The largest absolute Gasteiger partial charge is 0.423 e. The van der Waals surface area contributed by atoms with Gasteiger partial charge in [0.1, 0.15) is 23.3 Å². The molecule has 3 saturated heterocycles. The van der Waals surface area contributed by atoms with Gasteiger partial charge in [-0.1, -0.05) is 12.8 Å². The smallest absolute Gasteiger partial charge is 0.349 e. The third-order valence-electron chi connectivity index (χ3n) is 9.34. The van der Waals surface area contributed by atoms with E-state index in [1.54, 1.807) is 28.9 Å². The van der Waals surface area contributed by atoms with Crippen molar-refractivity contribution < 1.29 is 4.79 Å². The molecule has 1 atom stereocenters. The molecule has 10 nitrogen and oxygen atoms in total. The predicted octanol–water partition coefficient (Wildman–Crippen LogP) is 8.02. The molecule has 4 aromatic rings. The number of hydrogen-bond acceptors (Lipinski definition) is 10. The van der Waals surface area contributed by atoms with Gasteiger partial charge in [0.2, 0.25) is 11.2 Å². The second kappa shape index (κ2) is 15.5. The molecule has 0 radical (unpaired) electrons. The SMILES string of the molecule is O=C1NCC[N+]1(CCNc1ncc(Br)c(-c2ccc(CN3CCCCC3)s2)n1)c1nc(Cl)nc(-c2ccc(CN3CCCCC3)s2)c1Br. The standard InChI is InChI=1S/C33H38Br2ClN9OS2/c34-24-19-39-32(41-28(24)25-9-7-22(47-25)20-43-13-3-1-4-14-43)37-11-17-45(18-12-38-33(45)46)30-27(35)29(40-31(36)42-30)26-10-8-23(48-26)21-44-15-5-2-6-16-44/h7-10,19H,1-6,11-18,20-21H2,(H-,37,38,39,41,46)/p+1. The van der Waals surface area contributed by atoms with Crippen LogP contribution in [0.25, 0.3) is 21.1 Å². The topological polar surface area (TPSA) is 99.2 Å². The maximum atomic E-state index is 13.6. The second-order valence-corrected chi connectivity index (χ2v) is 17.0. The fourth-order valence-electron chi connectivity index (χ4n) is 6.82. The van der Waals surface area contributed by atoms with Gasteiger partial charge in [-0.15, -0.1) is 22.7 Å². The maximum absolute atomic E-state index is 13.6. The lowest BCUT2D eigenvalue weighted by atomic mass is 10.1. The molecule has 7 rings (SSSR count). The van der Waals surface area contributed by atoms with Crippen molar-refractivity contribution in [2.45, 2.75) is 51.6 Å². The minimum absolute atomic E-state index is 0.0109. The molecule has 0 saturated carbocycles. The molecule has 3 aliphatic rings. The maximum Gasteiger partial charge on any atom is 0.423 e.